The first-order valence-corrected chi connectivity index (χ1v) is 9.89. The molecule has 0 saturated carbocycles. The fraction of sp³-hybridized carbons (Fsp3) is 0.118. The van der Waals surface area contributed by atoms with Gasteiger partial charge in [-0.15, -0.1) is 0 Å². The Morgan fingerprint density at radius 1 is 1.17 bits per heavy atom. The second kappa shape index (κ2) is 9.09. The monoisotopic (exact) mass is 439 g/mol. The molecule has 0 bridgehead atoms. The van der Waals surface area contributed by atoms with Crippen LogP contribution < -0.4 is 10.6 Å². The lowest BCUT2D eigenvalue weighted by atomic mass is 10.2. The van der Waals surface area contributed by atoms with Crippen molar-refractivity contribution in [3.05, 3.63) is 64.0 Å². The van der Waals surface area contributed by atoms with Gasteiger partial charge in [-0.05, 0) is 24.3 Å². The first kappa shape index (κ1) is 22.4. The first-order valence-electron chi connectivity index (χ1n) is 8.00. The summed E-state index contributed by atoms with van der Waals surface area (Å²) in [6.07, 6.45) is 0.768. The van der Waals surface area contributed by atoms with Crippen molar-refractivity contribution >= 4 is 39.1 Å². The molecule has 30 heavy (non-hydrogen) atoms. The van der Waals surface area contributed by atoms with Crippen LogP contribution in [0.4, 0.5) is 20.6 Å². The molecule has 0 atom stereocenters. The highest BCUT2D eigenvalue weighted by atomic mass is 32.2. The van der Waals surface area contributed by atoms with E-state index >= 15 is 0 Å². The third-order valence-electron chi connectivity index (χ3n) is 3.50. The van der Waals surface area contributed by atoms with Crippen LogP contribution in [0.15, 0.2) is 47.4 Å². The van der Waals surface area contributed by atoms with Crippen LogP contribution in [0, 0.1) is 15.9 Å². The molecular formula is C17H14FN3O8S. The number of rotatable bonds is 6. The van der Waals surface area contributed by atoms with E-state index < -0.39 is 55.7 Å². The van der Waals surface area contributed by atoms with Crippen molar-refractivity contribution in [2.75, 3.05) is 18.2 Å². The third kappa shape index (κ3) is 5.81. The summed E-state index contributed by atoms with van der Waals surface area (Å²) >= 11 is 0. The Bertz CT molecular complexity index is 1130. The van der Waals surface area contributed by atoms with Crippen molar-refractivity contribution in [1.29, 1.82) is 0 Å². The fourth-order valence-electron chi connectivity index (χ4n) is 2.19. The van der Waals surface area contributed by atoms with E-state index in [1.165, 1.54) is 18.2 Å². The van der Waals surface area contributed by atoms with Crippen molar-refractivity contribution in [3.63, 3.8) is 0 Å². The number of nitro benzene ring substituents is 1. The van der Waals surface area contributed by atoms with Gasteiger partial charge in [0.25, 0.3) is 11.6 Å². The standard InChI is InChI=1S/C17H14FN3O8S/c1-30(27,28)14-7-6-10(8-13(14)21(25)26)16(23)29-9-15(22)20-17(24)19-12-5-3-2-4-11(12)18/h2-8H,9H2,1H3,(H2,19,20,22,24). The number of urea groups is 1. The number of ether oxygens (including phenoxy) is 1. The quantitative estimate of drug-likeness (QED) is 0.390. The maximum Gasteiger partial charge on any atom is 0.338 e. The van der Waals surface area contributed by atoms with E-state index in [0.717, 1.165) is 24.5 Å². The highest BCUT2D eigenvalue weighted by Gasteiger charge is 2.24. The molecule has 0 fully saturated rings. The molecule has 0 aliphatic rings. The zero-order valence-electron chi connectivity index (χ0n) is 15.2. The number of anilines is 1. The van der Waals surface area contributed by atoms with Crippen molar-refractivity contribution < 1.29 is 36.9 Å². The van der Waals surface area contributed by atoms with Crippen molar-refractivity contribution in [2.24, 2.45) is 0 Å². The number of nitrogens with one attached hydrogen (secondary N) is 2. The molecule has 0 aliphatic carbocycles. The molecule has 2 N–H and O–H groups in total. The minimum Gasteiger partial charge on any atom is -0.452 e. The Morgan fingerprint density at radius 2 is 1.83 bits per heavy atom. The largest absolute Gasteiger partial charge is 0.452 e. The van der Waals surface area contributed by atoms with Crippen LogP contribution >= 0.6 is 0 Å². The molecule has 2 aromatic carbocycles. The van der Waals surface area contributed by atoms with E-state index in [0.29, 0.717) is 6.07 Å². The van der Waals surface area contributed by atoms with Gasteiger partial charge in [0.05, 0.1) is 16.2 Å². The number of nitrogens with zero attached hydrogens (tertiary/aromatic N) is 1. The van der Waals surface area contributed by atoms with Gasteiger partial charge in [-0.3, -0.25) is 20.2 Å². The van der Waals surface area contributed by atoms with Crippen molar-refractivity contribution in [3.8, 4) is 0 Å². The van der Waals surface area contributed by atoms with E-state index in [1.807, 2.05) is 0 Å². The summed E-state index contributed by atoms with van der Waals surface area (Å²) in [6.45, 7) is -0.925. The van der Waals surface area contributed by atoms with Crippen LogP contribution in [0.5, 0.6) is 0 Å². The molecule has 158 valence electrons. The molecule has 2 rings (SSSR count). The topological polar surface area (TPSA) is 162 Å². The Kier molecular flexibility index (Phi) is 6.79. The van der Waals surface area contributed by atoms with Gasteiger partial charge in [0, 0.05) is 12.3 Å². The molecule has 0 aromatic heterocycles. The summed E-state index contributed by atoms with van der Waals surface area (Å²) < 4.78 is 41.2. The number of sulfone groups is 1. The number of hydrogen-bond acceptors (Lipinski definition) is 8. The molecule has 3 amide bonds. The number of imide groups is 1. The summed E-state index contributed by atoms with van der Waals surface area (Å²) in [7, 11) is -3.92. The summed E-state index contributed by atoms with van der Waals surface area (Å²) in [6, 6.07) is 6.67. The number of benzene rings is 2. The minimum atomic E-state index is -3.92. The van der Waals surface area contributed by atoms with Crippen LogP contribution in [0.3, 0.4) is 0 Å². The third-order valence-corrected chi connectivity index (χ3v) is 4.64. The second-order valence-electron chi connectivity index (χ2n) is 5.77. The van der Waals surface area contributed by atoms with Gasteiger partial charge >= 0.3 is 12.0 Å². The molecular weight excluding hydrogens is 425 g/mol. The number of hydrogen-bond donors (Lipinski definition) is 2. The Labute approximate surface area is 168 Å². The molecule has 2 aromatic rings. The Balaban J connectivity index is 1.99. The van der Waals surface area contributed by atoms with Gasteiger partial charge in [0.2, 0.25) is 0 Å². The molecule has 0 heterocycles. The van der Waals surface area contributed by atoms with Crippen LogP contribution in [-0.2, 0) is 19.4 Å². The number of para-hydroxylation sites is 1. The van der Waals surface area contributed by atoms with Crippen LogP contribution in [0.2, 0.25) is 0 Å². The zero-order chi connectivity index (χ0) is 22.5. The van der Waals surface area contributed by atoms with E-state index in [2.05, 4.69) is 10.1 Å². The number of halogens is 1. The number of esters is 1. The second-order valence-corrected chi connectivity index (χ2v) is 7.75. The molecule has 0 saturated heterocycles. The number of nitro groups is 1. The maximum absolute atomic E-state index is 13.4. The predicted molar refractivity (Wildman–Crippen MR) is 100 cm³/mol. The lowest BCUT2D eigenvalue weighted by molar-refractivity contribution is -0.387. The molecule has 0 radical (unpaired) electrons. The summed E-state index contributed by atoms with van der Waals surface area (Å²) in [5.41, 5.74) is -1.39. The van der Waals surface area contributed by atoms with Gasteiger partial charge in [-0.25, -0.2) is 22.4 Å². The van der Waals surface area contributed by atoms with E-state index in [-0.39, 0.29) is 11.3 Å². The number of carbonyl (C=O) groups excluding carboxylic acids is 3. The Morgan fingerprint density at radius 3 is 2.43 bits per heavy atom. The zero-order valence-corrected chi connectivity index (χ0v) is 16.1. The highest BCUT2D eigenvalue weighted by molar-refractivity contribution is 7.90. The van der Waals surface area contributed by atoms with E-state index in [9.17, 15) is 37.3 Å². The average Bonchev–Trinajstić information content (AvgIpc) is 2.66. The van der Waals surface area contributed by atoms with Crippen LogP contribution in [0.25, 0.3) is 0 Å². The van der Waals surface area contributed by atoms with Gasteiger partial charge in [-0.2, -0.15) is 0 Å². The van der Waals surface area contributed by atoms with Gasteiger partial charge < -0.3 is 10.1 Å². The first-order chi connectivity index (χ1) is 14.0. The van der Waals surface area contributed by atoms with E-state index in [4.69, 9.17) is 0 Å². The minimum absolute atomic E-state index is 0.182. The molecule has 13 heteroatoms. The fourth-order valence-corrected chi connectivity index (χ4v) is 3.02. The lowest BCUT2D eigenvalue weighted by Gasteiger charge is -2.08. The Hall–Kier alpha value is -3.87. The lowest BCUT2D eigenvalue weighted by Crippen LogP contribution is -2.37. The normalized spacial score (nSPS) is 10.7. The van der Waals surface area contributed by atoms with Crippen molar-refractivity contribution in [1.82, 2.24) is 5.32 Å². The van der Waals surface area contributed by atoms with Crippen LogP contribution in [0.1, 0.15) is 10.4 Å². The number of carbonyl (C=O) groups is 3. The molecule has 0 spiro atoms. The molecule has 0 unspecified atom stereocenters. The highest BCUT2D eigenvalue weighted by Crippen LogP contribution is 2.25. The van der Waals surface area contributed by atoms with Gasteiger partial charge in [0.15, 0.2) is 16.4 Å². The van der Waals surface area contributed by atoms with Crippen molar-refractivity contribution in [2.45, 2.75) is 4.90 Å². The molecule has 11 nitrogen and oxygen atoms in total. The SMILES string of the molecule is CS(=O)(=O)c1ccc(C(=O)OCC(=O)NC(=O)Nc2ccccc2F)cc1[N+](=O)[O-]. The summed E-state index contributed by atoms with van der Waals surface area (Å²) in [5.74, 6) is -2.95. The predicted octanol–water partition coefficient (Wildman–Crippen LogP) is 1.64. The van der Waals surface area contributed by atoms with E-state index in [1.54, 1.807) is 5.32 Å². The average molecular weight is 439 g/mol. The summed E-state index contributed by atoms with van der Waals surface area (Å²) in [5, 5.41) is 14.9. The van der Waals surface area contributed by atoms with Gasteiger partial charge in [0.1, 0.15) is 10.7 Å². The summed E-state index contributed by atoms with van der Waals surface area (Å²) in [4.78, 5) is 44.8. The maximum atomic E-state index is 13.4. The number of amides is 3. The van der Waals surface area contributed by atoms with Gasteiger partial charge in [-0.1, -0.05) is 12.1 Å². The van der Waals surface area contributed by atoms with Crippen LogP contribution in [-0.4, -0.2) is 44.1 Å². The molecule has 0 aliphatic heterocycles. The smallest absolute Gasteiger partial charge is 0.338 e.